The zero-order chi connectivity index (χ0) is 26.2. The molecule has 0 N–H and O–H groups in total. The maximum Gasteiger partial charge on any atom is 0.297 e. The number of aromatic nitrogens is 2. The number of thiophene rings is 1. The predicted octanol–water partition coefficient (Wildman–Crippen LogP) is 7.19. The molecular formula is C32H27N3O2S. The smallest absolute Gasteiger partial charge is 0.297 e. The largest absolute Gasteiger partial charge is 0.455 e. The Bertz CT molecular complexity index is 1720. The molecule has 0 spiro atoms. The van der Waals surface area contributed by atoms with E-state index < -0.39 is 0 Å². The van der Waals surface area contributed by atoms with Crippen LogP contribution in [-0.2, 0) is 7.05 Å². The van der Waals surface area contributed by atoms with E-state index in [9.17, 15) is 4.79 Å². The summed E-state index contributed by atoms with van der Waals surface area (Å²) in [6.07, 6.45) is 1.83. The first-order valence-electron chi connectivity index (χ1n) is 12.5. The zero-order valence-electron chi connectivity index (χ0n) is 21.5. The van der Waals surface area contributed by atoms with E-state index in [1.165, 1.54) is 5.56 Å². The fourth-order valence-electron chi connectivity index (χ4n) is 4.97. The molecule has 1 aliphatic heterocycles. The predicted molar refractivity (Wildman–Crippen MR) is 155 cm³/mol. The third-order valence-electron chi connectivity index (χ3n) is 7.03. The van der Waals surface area contributed by atoms with Crippen LogP contribution in [0.3, 0.4) is 0 Å². The SMILES string of the molecule is Cc1ccc([C@@H]2C(C=Nc3c(C)n(C)n(-c4ccccc4)c3=O)=C(c3cccs3)Oc3ccccc32)cc1. The maximum atomic E-state index is 13.6. The van der Waals surface area contributed by atoms with E-state index in [4.69, 9.17) is 9.73 Å². The van der Waals surface area contributed by atoms with Gasteiger partial charge < -0.3 is 4.74 Å². The average molecular weight is 518 g/mol. The van der Waals surface area contributed by atoms with Gasteiger partial charge in [-0.1, -0.05) is 72.3 Å². The second-order valence-corrected chi connectivity index (χ2v) is 10.4. The first kappa shape index (κ1) is 23.9. The minimum Gasteiger partial charge on any atom is -0.455 e. The van der Waals surface area contributed by atoms with E-state index in [0.29, 0.717) is 5.69 Å². The monoisotopic (exact) mass is 517 g/mol. The summed E-state index contributed by atoms with van der Waals surface area (Å²) in [4.78, 5) is 19.4. The van der Waals surface area contributed by atoms with E-state index >= 15 is 0 Å². The van der Waals surface area contributed by atoms with Crippen LogP contribution in [0.5, 0.6) is 5.75 Å². The molecule has 0 saturated heterocycles. The molecule has 1 aliphatic rings. The standard InChI is InChI=1S/C32H27N3O2S/c1-21-15-17-23(18-16-21)29-25-12-7-8-13-27(25)37-31(28-14-9-19-38-28)26(29)20-33-30-22(2)34(3)35(32(30)36)24-10-5-4-6-11-24/h4-20,29H,1-3H3/t29-/m0/s1. The van der Waals surface area contributed by atoms with Gasteiger partial charge in [0.15, 0.2) is 5.69 Å². The van der Waals surface area contributed by atoms with E-state index in [2.05, 4.69) is 43.3 Å². The molecule has 6 rings (SSSR count). The Morgan fingerprint density at radius 2 is 1.63 bits per heavy atom. The molecule has 1 atom stereocenters. The second-order valence-electron chi connectivity index (χ2n) is 9.41. The summed E-state index contributed by atoms with van der Waals surface area (Å²) >= 11 is 1.62. The van der Waals surface area contributed by atoms with Gasteiger partial charge in [-0.15, -0.1) is 11.3 Å². The minimum atomic E-state index is -0.158. The number of nitrogens with zero attached hydrogens (tertiary/aromatic N) is 3. The molecule has 6 heteroatoms. The Balaban J connectivity index is 1.55. The molecule has 5 nitrogen and oxygen atoms in total. The maximum absolute atomic E-state index is 13.6. The van der Waals surface area contributed by atoms with E-state index in [1.807, 2.05) is 84.8 Å². The molecule has 38 heavy (non-hydrogen) atoms. The minimum absolute atomic E-state index is 0.0956. The number of benzene rings is 3. The Morgan fingerprint density at radius 3 is 2.37 bits per heavy atom. The highest BCUT2D eigenvalue weighted by Crippen LogP contribution is 2.45. The number of para-hydroxylation sites is 2. The van der Waals surface area contributed by atoms with Crippen LogP contribution < -0.4 is 10.3 Å². The summed E-state index contributed by atoms with van der Waals surface area (Å²) in [6, 6.07) is 30.5. The molecule has 188 valence electrons. The fraction of sp³-hybridized carbons (Fsp3) is 0.125. The van der Waals surface area contributed by atoms with Gasteiger partial charge in [-0.3, -0.25) is 9.48 Å². The van der Waals surface area contributed by atoms with Gasteiger partial charge in [0, 0.05) is 30.3 Å². The van der Waals surface area contributed by atoms with Crippen LogP contribution in [0.25, 0.3) is 11.4 Å². The quantitative estimate of drug-likeness (QED) is 0.232. The van der Waals surface area contributed by atoms with Crippen molar-refractivity contribution in [2.24, 2.45) is 12.0 Å². The lowest BCUT2D eigenvalue weighted by Crippen LogP contribution is -2.19. The normalized spacial score (nSPS) is 15.1. The molecule has 5 aromatic rings. The van der Waals surface area contributed by atoms with Crippen LogP contribution in [0.15, 0.2) is 112 Å². The van der Waals surface area contributed by atoms with Crippen molar-refractivity contribution < 1.29 is 4.74 Å². The highest BCUT2D eigenvalue weighted by atomic mass is 32.1. The molecule has 3 aromatic carbocycles. The number of ether oxygens (including phenoxy) is 1. The van der Waals surface area contributed by atoms with Crippen molar-refractivity contribution in [1.29, 1.82) is 0 Å². The Hall–Kier alpha value is -4.42. The van der Waals surface area contributed by atoms with Gasteiger partial charge in [0.25, 0.3) is 5.56 Å². The summed E-state index contributed by atoms with van der Waals surface area (Å²) in [5.41, 5.74) is 6.19. The summed E-state index contributed by atoms with van der Waals surface area (Å²) in [5.74, 6) is 1.51. The van der Waals surface area contributed by atoms with Gasteiger partial charge in [-0.25, -0.2) is 9.67 Å². The van der Waals surface area contributed by atoms with Crippen LogP contribution in [0.2, 0.25) is 0 Å². The Kier molecular flexibility index (Phi) is 6.18. The number of aliphatic imine (C=N–C) groups is 1. The topological polar surface area (TPSA) is 48.5 Å². The van der Waals surface area contributed by atoms with Crippen LogP contribution in [0.1, 0.15) is 33.2 Å². The third kappa shape index (κ3) is 4.13. The van der Waals surface area contributed by atoms with Gasteiger partial charge in [-0.2, -0.15) is 0 Å². The average Bonchev–Trinajstić information content (AvgIpc) is 3.55. The molecular weight excluding hydrogens is 490 g/mol. The first-order chi connectivity index (χ1) is 18.5. The Labute approximate surface area is 225 Å². The number of rotatable bonds is 5. The van der Waals surface area contributed by atoms with Gasteiger partial charge in [0.05, 0.1) is 16.3 Å². The zero-order valence-corrected chi connectivity index (χ0v) is 22.3. The van der Waals surface area contributed by atoms with Crippen LogP contribution >= 0.6 is 11.3 Å². The van der Waals surface area contributed by atoms with Crippen molar-refractivity contribution in [1.82, 2.24) is 9.36 Å². The summed E-state index contributed by atoms with van der Waals surface area (Å²) in [7, 11) is 1.88. The van der Waals surface area contributed by atoms with Crippen molar-refractivity contribution in [3.63, 3.8) is 0 Å². The molecule has 3 heterocycles. The summed E-state index contributed by atoms with van der Waals surface area (Å²) in [5, 5.41) is 2.04. The molecule has 2 aromatic heterocycles. The summed E-state index contributed by atoms with van der Waals surface area (Å²) < 4.78 is 10.0. The van der Waals surface area contributed by atoms with E-state index in [0.717, 1.165) is 44.5 Å². The van der Waals surface area contributed by atoms with Crippen molar-refractivity contribution in [2.75, 3.05) is 0 Å². The van der Waals surface area contributed by atoms with Crippen molar-refractivity contribution in [2.45, 2.75) is 19.8 Å². The lowest BCUT2D eigenvalue weighted by Gasteiger charge is -2.29. The lowest BCUT2D eigenvalue weighted by molar-refractivity contribution is 0.490. The molecule has 0 saturated carbocycles. The van der Waals surface area contributed by atoms with Crippen LogP contribution in [0.4, 0.5) is 5.69 Å². The number of hydrogen-bond acceptors (Lipinski definition) is 4. The van der Waals surface area contributed by atoms with E-state index in [1.54, 1.807) is 16.0 Å². The molecule has 0 amide bonds. The first-order valence-corrected chi connectivity index (χ1v) is 13.4. The molecule has 0 unspecified atom stereocenters. The number of fused-ring (bicyclic) bond motifs is 1. The van der Waals surface area contributed by atoms with Crippen molar-refractivity contribution >= 4 is 29.0 Å². The van der Waals surface area contributed by atoms with E-state index in [-0.39, 0.29) is 11.5 Å². The third-order valence-corrected chi connectivity index (χ3v) is 7.90. The van der Waals surface area contributed by atoms with Crippen LogP contribution in [-0.4, -0.2) is 15.6 Å². The number of allylic oxidation sites excluding steroid dienone is 1. The van der Waals surface area contributed by atoms with Gasteiger partial charge in [-0.05, 0) is 49.1 Å². The second kappa shape index (κ2) is 9.80. The van der Waals surface area contributed by atoms with Gasteiger partial charge in [0.1, 0.15) is 11.5 Å². The van der Waals surface area contributed by atoms with Crippen molar-refractivity contribution in [3.8, 4) is 11.4 Å². The molecule has 0 fully saturated rings. The van der Waals surface area contributed by atoms with Gasteiger partial charge >= 0.3 is 0 Å². The molecule has 0 bridgehead atoms. The summed E-state index contributed by atoms with van der Waals surface area (Å²) in [6.45, 7) is 4.01. The highest BCUT2D eigenvalue weighted by molar-refractivity contribution is 7.11. The van der Waals surface area contributed by atoms with Gasteiger partial charge in [0.2, 0.25) is 0 Å². The lowest BCUT2D eigenvalue weighted by atomic mass is 9.82. The molecule has 0 radical (unpaired) electrons. The number of aryl methyl sites for hydroxylation is 1. The molecule has 0 aliphatic carbocycles. The Morgan fingerprint density at radius 1 is 0.895 bits per heavy atom. The van der Waals surface area contributed by atoms with Crippen molar-refractivity contribution in [3.05, 3.63) is 140 Å². The van der Waals surface area contributed by atoms with Crippen LogP contribution in [0, 0.1) is 13.8 Å². The highest BCUT2D eigenvalue weighted by Gasteiger charge is 2.31. The number of hydrogen-bond donors (Lipinski definition) is 0. The fourth-order valence-corrected chi connectivity index (χ4v) is 5.70.